The molecule has 2 heterocycles. The molecule has 1 fully saturated rings. The number of carbonyl (C=O) groups excluding carboxylic acids is 1. The fourth-order valence-electron chi connectivity index (χ4n) is 4.28. The Morgan fingerprint density at radius 2 is 1.50 bits per heavy atom. The zero-order valence-electron chi connectivity index (χ0n) is 14.6. The van der Waals surface area contributed by atoms with Crippen molar-refractivity contribution in [3.8, 4) is 0 Å². The van der Waals surface area contributed by atoms with Gasteiger partial charge in [-0.2, -0.15) is 0 Å². The number of amides is 1. The van der Waals surface area contributed by atoms with Crippen molar-refractivity contribution in [2.75, 3.05) is 19.7 Å². The highest BCUT2D eigenvalue weighted by Crippen LogP contribution is 2.51. The molecule has 6 heteroatoms. The molecule has 136 valence electrons. The molecule has 2 aromatic rings. The maximum absolute atomic E-state index is 13.1. The van der Waals surface area contributed by atoms with E-state index < -0.39 is 9.84 Å². The first-order chi connectivity index (χ1) is 12.5. The van der Waals surface area contributed by atoms with Gasteiger partial charge in [0.15, 0.2) is 0 Å². The predicted molar refractivity (Wildman–Crippen MR) is 96.9 cm³/mol. The number of nitrogens with zero attached hydrogens (tertiary/aromatic N) is 1. The summed E-state index contributed by atoms with van der Waals surface area (Å²) in [4.78, 5) is 14.6. The average molecular weight is 371 g/mol. The van der Waals surface area contributed by atoms with Crippen LogP contribution in [0.25, 0.3) is 0 Å². The molecular weight excluding hydrogens is 350 g/mol. The number of benzene rings is 2. The number of likely N-dealkylation sites (tertiary alicyclic amines) is 1. The molecular formula is C20H21NO4S. The summed E-state index contributed by atoms with van der Waals surface area (Å²) in [6.45, 7) is 3.23. The number of hydrogen-bond acceptors (Lipinski definition) is 4. The van der Waals surface area contributed by atoms with Gasteiger partial charge in [0.25, 0.3) is 0 Å². The smallest absolute Gasteiger partial charge is 0.409 e. The quantitative estimate of drug-likeness (QED) is 0.771. The van der Waals surface area contributed by atoms with Crippen LogP contribution in [-0.4, -0.2) is 39.1 Å². The van der Waals surface area contributed by atoms with Crippen LogP contribution in [0.4, 0.5) is 4.79 Å². The summed E-state index contributed by atoms with van der Waals surface area (Å²) in [7, 11) is -3.52. The monoisotopic (exact) mass is 371 g/mol. The SMILES string of the molecule is CCOC(=O)N1CCC2(CC1)c1ccccc1S(=O)(=O)c1ccccc12. The van der Waals surface area contributed by atoms with Crippen LogP contribution in [0.2, 0.25) is 0 Å². The topological polar surface area (TPSA) is 63.7 Å². The van der Waals surface area contributed by atoms with Crippen molar-refractivity contribution in [2.24, 2.45) is 0 Å². The minimum atomic E-state index is -3.52. The van der Waals surface area contributed by atoms with Crippen molar-refractivity contribution in [3.05, 3.63) is 59.7 Å². The average Bonchev–Trinajstić information content (AvgIpc) is 2.67. The molecule has 0 atom stereocenters. The Kier molecular flexibility index (Phi) is 4.03. The Bertz CT molecular complexity index is 904. The minimum absolute atomic E-state index is 0.299. The lowest BCUT2D eigenvalue weighted by Crippen LogP contribution is -2.48. The van der Waals surface area contributed by atoms with Crippen LogP contribution >= 0.6 is 0 Å². The van der Waals surface area contributed by atoms with E-state index in [2.05, 4.69) is 0 Å². The van der Waals surface area contributed by atoms with Crippen molar-refractivity contribution in [1.82, 2.24) is 4.90 Å². The maximum Gasteiger partial charge on any atom is 0.409 e. The fourth-order valence-corrected chi connectivity index (χ4v) is 6.14. The largest absolute Gasteiger partial charge is 0.450 e. The van der Waals surface area contributed by atoms with E-state index in [0.29, 0.717) is 42.3 Å². The lowest BCUT2D eigenvalue weighted by atomic mass is 9.67. The zero-order chi connectivity index (χ0) is 18.4. The van der Waals surface area contributed by atoms with E-state index >= 15 is 0 Å². The second-order valence-electron chi connectivity index (χ2n) is 6.76. The van der Waals surface area contributed by atoms with E-state index in [0.717, 1.165) is 11.1 Å². The molecule has 1 spiro atoms. The molecule has 2 aromatic carbocycles. The molecule has 0 aliphatic carbocycles. The summed E-state index contributed by atoms with van der Waals surface area (Å²) in [6, 6.07) is 14.5. The molecule has 2 aliphatic rings. The summed E-state index contributed by atoms with van der Waals surface area (Å²) in [5.74, 6) is 0. The minimum Gasteiger partial charge on any atom is -0.450 e. The van der Waals surface area contributed by atoms with E-state index in [-0.39, 0.29) is 11.5 Å². The zero-order valence-corrected chi connectivity index (χ0v) is 15.5. The molecule has 0 bridgehead atoms. The van der Waals surface area contributed by atoms with Gasteiger partial charge >= 0.3 is 6.09 Å². The number of piperidine rings is 1. The van der Waals surface area contributed by atoms with Crippen molar-refractivity contribution in [1.29, 1.82) is 0 Å². The first-order valence-electron chi connectivity index (χ1n) is 8.86. The standard InChI is InChI=1S/C20H21NO4S/c1-2-25-19(22)21-13-11-20(12-14-21)15-7-3-5-9-17(15)26(23,24)18-10-6-4-8-16(18)20/h3-10H,2,11-14H2,1H3. The van der Waals surface area contributed by atoms with Crippen LogP contribution in [0, 0.1) is 0 Å². The molecule has 0 saturated carbocycles. The van der Waals surface area contributed by atoms with Gasteiger partial charge in [0, 0.05) is 18.5 Å². The molecule has 1 amide bonds. The first kappa shape index (κ1) is 17.1. The lowest BCUT2D eigenvalue weighted by Gasteiger charge is -2.45. The highest BCUT2D eigenvalue weighted by molar-refractivity contribution is 7.91. The van der Waals surface area contributed by atoms with Crippen molar-refractivity contribution >= 4 is 15.9 Å². The molecule has 0 aromatic heterocycles. The van der Waals surface area contributed by atoms with Gasteiger partial charge in [0.2, 0.25) is 9.84 Å². The van der Waals surface area contributed by atoms with Gasteiger partial charge in [-0.05, 0) is 43.0 Å². The second-order valence-corrected chi connectivity index (χ2v) is 8.65. The number of carbonyl (C=O) groups is 1. The fraction of sp³-hybridized carbons (Fsp3) is 0.350. The van der Waals surface area contributed by atoms with Crippen molar-refractivity contribution < 1.29 is 17.9 Å². The van der Waals surface area contributed by atoms with Crippen molar-refractivity contribution in [2.45, 2.75) is 35.0 Å². The summed E-state index contributed by atoms with van der Waals surface area (Å²) in [5, 5.41) is 0. The molecule has 0 unspecified atom stereocenters. The van der Waals surface area contributed by atoms with E-state index in [9.17, 15) is 13.2 Å². The van der Waals surface area contributed by atoms with Gasteiger partial charge in [-0.1, -0.05) is 36.4 Å². The third-order valence-electron chi connectivity index (χ3n) is 5.53. The molecule has 4 rings (SSSR count). The van der Waals surface area contributed by atoms with Gasteiger partial charge in [-0.3, -0.25) is 0 Å². The maximum atomic E-state index is 13.1. The number of fused-ring (bicyclic) bond motifs is 4. The third kappa shape index (κ3) is 2.35. The van der Waals surface area contributed by atoms with Gasteiger partial charge in [0.05, 0.1) is 16.4 Å². The van der Waals surface area contributed by atoms with Crippen LogP contribution in [-0.2, 0) is 20.0 Å². The second kappa shape index (κ2) is 6.13. The normalized spacial score (nSPS) is 19.5. The molecule has 0 N–H and O–H groups in total. The summed E-state index contributed by atoms with van der Waals surface area (Å²) < 4.78 is 31.3. The highest BCUT2D eigenvalue weighted by atomic mass is 32.2. The molecule has 1 saturated heterocycles. The number of hydrogen-bond donors (Lipinski definition) is 0. The van der Waals surface area contributed by atoms with Crippen LogP contribution in [0.3, 0.4) is 0 Å². The first-order valence-corrected chi connectivity index (χ1v) is 10.3. The number of rotatable bonds is 1. The molecule has 26 heavy (non-hydrogen) atoms. The van der Waals surface area contributed by atoms with Crippen LogP contribution in [0.5, 0.6) is 0 Å². The van der Waals surface area contributed by atoms with E-state index in [4.69, 9.17) is 4.74 Å². The van der Waals surface area contributed by atoms with Crippen LogP contribution in [0.15, 0.2) is 58.3 Å². The van der Waals surface area contributed by atoms with E-state index in [1.807, 2.05) is 24.3 Å². The lowest BCUT2D eigenvalue weighted by molar-refractivity contribution is 0.0900. The van der Waals surface area contributed by atoms with Gasteiger partial charge in [0.1, 0.15) is 0 Å². The van der Waals surface area contributed by atoms with Gasteiger partial charge < -0.3 is 9.64 Å². The van der Waals surface area contributed by atoms with Crippen molar-refractivity contribution in [3.63, 3.8) is 0 Å². The third-order valence-corrected chi connectivity index (χ3v) is 7.40. The van der Waals surface area contributed by atoms with E-state index in [1.165, 1.54) is 0 Å². The summed E-state index contributed by atoms with van der Waals surface area (Å²) in [5.41, 5.74) is 1.31. The molecule has 2 aliphatic heterocycles. The summed E-state index contributed by atoms with van der Waals surface area (Å²) in [6.07, 6.45) is 1.05. The number of sulfone groups is 1. The predicted octanol–water partition coefficient (Wildman–Crippen LogP) is 3.37. The number of ether oxygens (including phenoxy) is 1. The van der Waals surface area contributed by atoms with E-state index in [1.54, 1.807) is 36.1 Å². The molecule has 0 radical (unpaired) electrons. The Hall–Kier alpha value is -2.34. The van der Waals surface area contributed by atoms with Gasteiger partial charge in [-0.25, -0.2) is 13.2 Å². The Balaban J connectivity index is 1.82. The van der Waals surface area contributed by atoms with Gasteiger partial charge in [-0.15, -0.1) is 0 Å². The Morgan fingerprint density at radius 1 is 1.00 bits per heavy atom. The van der Waals surface area contributed by atoms with Crippen LogP contribution in [0.1, 0.15) is 30.9 Å². The summed E-state index contributed by atoms with van der Waals surface area (Å²) >= 11 is 0. The highest BCUT2D eigenvalue weighted by Gasteiger charge is 2.48. The Morgan fingerprint density at radius 3 is 2.00 bits per heavy atom. The Labute approximate surface area is 153 Å². The molecule has 5 nitrogen and oxygen atoms in total. The van der Waals surface area contributed by atoms with Crippen LogP contribution < -0.4 is 0 Å².